The van der Waals surface area contributed by atoms with Gasteiger partial charge < -0.3 is 5.32 Å². The molecular weight excluding hydrogens is 326 g/mol. The average molecular weight is 335 g/mol. The summed E-state index contributed by atoms with van der Waals surface area (Å²) in [6.07, 6.45) is 2.69. The maximum Gasteiger partial charge on any atom is 0.261 e. The zero-order chi connectivity index (χ0) is 16.4. The van der Waals surface area contributed by atoms with E-state index in [1.807, 2.05) is 0 Å². The smallest absolute Gasteiger partial charge is 0.261 e. The third-order valence-corrected chi connectivity index (χ3v) is 3.38. The predicted octanol–water partition coefficient (Wildman–Crippen LogP) is 3.45. The molecule has 1 aromatic heterocycles. The van der Waals surface area contributed by atoms with E-state index in [1.54, 1.807) is 18.2 Å². The van der Waals surface area contributed by atoms with Gasteiger partial charge in [-0.1, -0.05) is 23.7 Å². The minimum absolute atomic E-state index is 0.246. The number of carbonyl (C=O) groups excluding carboxylic acids is 1. The number of nitrogens with one attached hydrogen (secondary N) is 1. The molecule has 3 rings (SSSR count). The van der Waals surface area contributed by atoms with Crippen molar-refractivity contribution in [3.63, 3.8) is 0 Å². The Morgan fingerprint density at radius 1 is 1.13 bits per heavy atom. The van der Waals surface area contributed by atoms with Crippen molar-refractivity contribution in [2.45, 2.75) is 0 Å². The van der Waals surface area contributed by atoms with E-state index in [1.165, 1.54) is 23.4 Å². The molecule has 23 heavy (non-hydrogen) atoms. The van der Waals surface area contributed by atoms with Crippen LogP contribution in [-0.4, -0.2) is 20.7 Å². The number of aromatic nitrogens is 3. The van der Waals surface area contributed by atoms with Gasteiger partial charge in [0, 0.05) is 0 Å². The van der Waals surface area contributed by atoms with Crippen LogP contribution in [0.5, 0.6) is 0 Å². The van der Waals surface area contributed by atoms with Gasteiger partial charge in [0.1, 0.15) is 35.5 Å². The number of para-hydroxylation sites is 1. The van der Waals surface area contributed by atoms with E-state index >= 15 is 0 Å². The van der Waals surface area contributed by atoms with Gasteiger partial charge in [0.15, 0.2) is 0 Å². The molecule has 0 atom stereocenters. The van der Waals surface area contributed by atoms with Gasteiger partial charge in [-0.15, -0.1) is 0 Å². The first-order chi connectivity index (χ1) is 11.1. The van der Waals surface area contributed by atoms with Crippen LogP contribution in [0.3, 0.4) is 0 Å². The molecule has 1 N–H and O–H groups in total. The molecule has 5 nitrogen and oxygen atoms in total. The van der Waals surface area contributed by atoms with Crippen molar-refractivity contribution in [2.24, 2.45) is 0 Å². The Hall–Kier alpha value is -2.80. The summed E-state index contributed by atoms with van der Waals surface area (Å²) in [5, 5.41) is 6.68. The third-order valence-electron chi connectivity index (χ3n) is 3.07. The second-order valence-electron chi connectivity index (χ2n) is 4.53. The molecule has 0 aliphatic rings. The Kier molecular flexibility index (Phi) is 4.03. The first kappa shape index (κ1) is 15.1. The summed E-state index contributed by atoms with van der Waals surface area (Å²) in [5.41, 5.74) is -0.0792. The molecule has 0 bridgehead atoms. The summed E-state index contributed by atoms with van der Waals surface area (Å²) in [6, 6.07) is 7.93. The lowest BCUT2D eigenvalue weighted by atomic mass is 10.1. The van der Waals surface area contributed by atoms with Crippen LogP contribution in [0.4, 0.5) is 14.5 Å². The number of anilines is 1. The molecule has 0 fully saturated rings. The Bertz CT molecular complexity index is 848. The van der Waals surface area contributed by atoms with Gasteiger partial charge in [0.25, 0.3) is 5.91 Å². The summed E-state index contributed by atoms with van der Waals surface area (Å²) in [7, 11) is 0. The van der Waals surface area contributed by atoms with Gasteiger partial charge >= 0.3 is 0 Å². The fraction of sp³-hybridized carbons (Fsp3) is 0. The highest BCUT2D eigenvalue weighted by molar-refractivity contribution is 6.33. The van der Waals surface area contributed by atoms with Gasteiger partial charge in [0.2, 0.25) is 0 Å². The minimum atomic E-state index is -0.952. The second kappa shape index (κ2) is 6.13. The topological polar surface area (TPSA) is 59.8 Å². The van der Waals surface area contributed by atoms with E-state index < -0.39 is 23.1 Å². The standard InChI is InChI=1S/C15H9ClF2N4O/c16-9-3-1-6-12(14(9)22-8-19-7-20-22)21-15(23)13-10(17)4-2-5-11(13)18/h1-8H,(H,21,23). The first-order valence-electron chi connectivity index (χ1n) is 6.47. The van der Waals surface area contributed by atoms with E-state index in [0.29, 0.717) is 10.7 Å². The quantitative estimate of drug-likeness (QED) is 0.798. The molecule has 0 saturated carbocycles. The van der Waals surface area contributed by atoms with Crippen LogP contribution in [0, 0.1) is 11.6 Å². The highest BCUT2D eigenvalue weighted by Crippen LogP contribution is 2.28. The van der Waals surface area contributed by atoms with Crippen LogP contribution in [-0.2, 0) is 0 Å². The summed E-state index contributed by atoms with van der Waals surface area (Å²) in [6.45, 7) is 0. The van der Waals surface area contributed by atoms with Gasteiger partial charge in [-0.2, -0.15) is 5.10 Å². The van der Waals surface area contributed by atoms with Crippen LogP contribution in [0.2, 0.25) is 5.02 Å². The predicted molar refractivity (Wildman–Crippen MR) is 80.7 cm³/mol. The van der Waals surface area contributed by atoms with E-state index in [-0.39, 0.29) is 5.69 Å². The fourth-order valence-corrected chi connectivity index (χ4v) is 2.33. The normalized spacial score (nSPS) is 10.6. The van der Waals surface area contributed by atoms with Gasteiger partial charge in [-0.3, -0.25) is 4.79 Å². The molecule has 0 saturated heterocycles. The molecule has 8 heteroatoms. The zero-order valence-corrected chi connectivity index (χ0v) is 12.3. The highest BCUT2D eigenvalue weighted by Gasteiger charge is 2.19. The van der Waals surface area contributed by atoms with Crippen LogP contribution in [0.15, 0.2) is 49.1 Å². The minimum Gasteiger partial charge on any atom is -0.320 e. The summed E-state index contributed by atoms with van der Waals surface area (Å²) in [5.74, 6) is -2.83. The molecule has 0 radical (unpaired) electrons. The van der Waals surface area contributed by atoms with Gasteiger partial charge in [-0.25, -0.2) is 18.4 Å². The number of benzene rings is 2. The molecule has 1 amide bonds. The summed E-state index contributed by atoms with van der Waals surface area (Å²) < 4.78 is 28.7. The molecule has 0 unspecified atom stereocenters. The molecule has 1 heterocycles. The number of hydrogen-bond donors (Lipinski definition) is 1. The number of halogens is 3. The lowest BCUT2D eigenvalue weighted by Gasteiger charge is -2.13. The lowest BCUT2D eigenvalue weighted by molar-refractivity contribution is 0.101. The largest absolute Gasteiger partial charge is 0.320 e. The molecule has 116 valence electrons. The van der Waals surface area contributed by atoms with E-state index in [9.17, 15) is 13.6 Å². The number of nitrogens with zero attached hydrogens (tertiary/aromatic N) is 3. The summed E-state index contributed by atoms with van der Waals surface area (Å²) >= 11 is 6.12. The molecule has 0 aliphatic heterocycles. The average Bonchev–Trinajstić information content (AvgIpc) is 3.01. The van der Waals surface area contributed by atoms with Crippen LogP contribution < -0.4 is 5.32 Å². The Balaban J connectivity index is 2.01. The second-order valence-corrected chi connectivity index (χ2v) is 4.93. The van der Waals surface area contributed by atoms with E-state index in [2.05, 4.69) is 15.4 Å². The van der Waals surface area contributed by atoms with Gasteiger partial charge in [-0.05, 0) is 24.3 Å². The summed E-state index contributed by atoms with van der Waals surface area (Å²) in [4.78, 5) is 16.0. The van der Waals surface area contributed by atoms with Gasteiger partial charge in [0.05, 0.1) is 10.7 Å². The Morgan fingerprint density at radius 3 is 2.48 bits per heavy atom. The van der Waals surface area contributed by atoms with Crippen molar-refractivity contribution in [3.8, 4) is 5.69 Å². The highest BCUT2D eigenvalue weighted by atomic mass is 35.5. The zero-order valence-electron chi connectivity index (χ0n) is 11.5. The first-order valence-corrected chi connectivity index (χ1v) is 6.84. The lowest BCUT2D eigenvalue weighted by Crippen LogP contribution is -2.17. The van der Waals surface area contributed by atoms with Crippen molar-refractivity contribution in [3.05, 3.63) is 71.3 Å². The molecule has 3 aromatic rings. The van der Waals surface area contributed by atoms with Crippen molar-refractivity contribution >= 4 is 23.2 Å². The number of hydrogen-bond acceptors (Lipinski definition) is 3. The Morgan fingerprint density at radius 2 is 1.83 bits per heavy atom. The van der Waals surface area contributed by atoms with Crippen LogP contribution >= 0.6 is 11.6 Å². The number of rotatable bonds is 3. The fourth-order valence-electron chi connectivity index (χ4n) is 2.07. The maximum absolute atomic E-state index is 13.7. The van der Waals surface area contributed by atoms with Crippen LogP contribution in [0.1, 0.15) is 10.4 Å². The maximum atomic E-state index is 13.7. The Labute approximate surface area is 134 Å². The molecule has 2 aromatic carbocycles. The van der Waals surface area contributed by atoms with E-state index in [0.717, 1.165) is 12.1 Å². The van der Waals surface area contributed by atoms with Crippen LogP contribution in [0.25, 0.3) is 5.69 Å². The SMILES string of the molecule is O=C(Nc1cccc(Cl)c1-n1cncn1)c1c(F)cccc1F. The van der Waals surface area contributed by atoms with Crippen molar-refractivity contribution in [1.29, 1.82) is 0 Å². The third kappa shape index (κ3) is 2.91. The number of carbonyl (C=O) groups is 1. The molecule has 0 spiro atoms. The monoisotopic (exact) mass is 334 g/mol. The van der Waals surface area contributed by atoms with Crippen molar-refractivity contribution in [1.82, 2.24) is 14.8 Å². The molecule has 0 aliphatic carbocycles. The van der Waals surface area contributed by atoms with E-state index in [4.69, 9.17) is 11.6 Å². The molecular formula is C15H9ClF2N4O. The number of amides is 1. The van der Waals surface area contributed by atoms with Crippen molar-refractivity contribution in [2.75, 3.05) is 5.32 Å². The van der Waals surface area contributed by atoms with Crippen molar-refractivity contribution < 1.29 is 13.6 Å².